The standard InChI is InChI=1S/C20H26OS.C4HF8IO4S/c1-2-3-4-5-6-10-17-21-18-13-15-20(16-14-18)22-19-11-8-7-9-12-19;5-1(6,13)2(7,8)17-3(9,10)4(11,12)18(14,15)16/h7-9,11-16H,2-6,10,17H2,1H3;(H,14,15,16). The fourth-order valence-electron chi connectivity index (χ4n) is 2.73. The highest BCUT2D eigenvalue weighted by Gasteiger charge is 2.73. The highest BCUT2D eigenvalue weighted by atomic mass is 127. The molecule has 0 fully saturated rings. The van der Waals surface area contributed by atoms with Crippen molar-refractivity contribution in [3.05, 3.63) is 54.6 Å². The van der Waals surface area contributed by atoms with E-state index in [-0.39, 0.29) is 0 Å². The minimum Gasteiger partial charge on any atom is -0.494 e. The summed E-state index contributed by atoms with van der Waals surface area (Å²) in [4.78, 5) is 2.52. The van der Waals surface area contributed by atoms with E-state index in [0.717, 1.165) is 18.8 Å². The van der Waals surface area contributed by atoms with Crippen LogP contribution in [0.2, 0.25) is 0 Å². The smallest absolute Gasteiger partial charge is 0.460 e. The molecule has 16 heteroatoms. The molecule has 0 saturated heterocycles. The van der Waals surface area contributed by atoms with Crippen molar-refractivity contribution < 1.29 is 57.6 Å². The Morgan fingerprint density at radius 2 is 1.27 bits per heavy atom. The topological polar surface area (TPSA) is 72.8 Å². The van der Waals surface area contributed by atoms with Crippen molar-refractivity contribution in [2.45, 2.75) is 76.6 Å². The summed E-state index contributed by atoms with van der Waals surface area (Å²) in [5.41, 5.74) is 0. The third-order valence-corrected chi connectivity index (χ3v) is 7.35. The molecule has 0 bridgehead atoms. The number of alkyl halides is 9. The monoisotopic (exact) mass is 738 g/mol. The first-order valence-corrected chi connectivity index (χ1v) is 15.0. The quantitative estimate of drug-likeness (QED) is 0.0646. The Morgan fingerprint density at radius 1 is 0.775 bits per heavy atom. The van der Waals surface area contributed by atoms with Crippen LogP contribution < -0.4 is 4.74 Å². The summed E-state index contributed by atoms with van der Waals surface area (Å²) in [7, 11) is -6.87. The molecule has 0 amide bonds. The third-order valence-electron chi connectivity index (χ3n) is 4.82. The second-order valence-corrected chi connectivity index (χ2v) is 12.1. The van der Waals surface area contributed by atoms with E-state index in [9.17, 15) is 43.5 Å². The molecule has 5 nitrogen and oxygen atoms in total. The molecule has 0 radical (unpaired) electrons. The van der Waals surface area contributed by atoms with E-state index in [1.165, 1.54) is 41.9 Å². The molecule has 2 rings (SSSR count). The van der Waals surface area contributed by atoms with Crippen molar-refractivity contribution in [1.29, 1.82) is 0 Å². The van der Waals surface area contributed by atoms with Crippen LogP contribution in [0.1, 0.15) is 45.4 Å². The number of rotatable bonds is 15. The molecule has 0 aliphatic heterocycles. The molecule has 0 aliphatic rings. The second-order valence-electron chi connectivity index (χ2n) is 8.13. The van der Waals surface area contributed by atoms with Crippen molar-refractivity contribution in [1.82, 2.24) is 0 Å². The lowest BCUT2D eigenvalue weighted by Gasteiger charge is -2.29. The van der Waals surface area contributed by atoms with Gasteiger partial charge in [-0.3, -0.25) is 4.55 Å². The highest BCUT2D eigenvalue weighted by Crippen LogP contribution is 2.48. The first-order valence-electron chi connectivity index (χ1n) is 11.7. The van der Waals surface area contributed by atoms with Gasteiger partial charge < -0.3 is 4.74 Å². The van der Waals surface area contributed by atoms with Gasteiger partial charge >= 0.3 is 31.5 Å². The number of ether oxygens (including phenoxy) is 2. The lowest BCUT2D eigenvalue weighted by molar-refractivity contribution is -0.438. The molecule has 2 aromatic carbocycles. The van der Waals surface area contributed by atoms with Gasteiger partial charge in [0.1, 0.15) is 5.75 Å². The molecule has 228 valence electrons. The maximum atomic E-state index is 12.4. The van der Waals surface area contributed by atoms with Gasteiger partial charge in [-0.15, -0.1) is 0 Å². The Labute approximate surface area is 244 Å². The van der Waals surface area contributed by atoms with Gasteiger partial charge in [0.25, 0.3) is 0 Å². The molecule has 0 heterocycles. The summed E-state index contributed by atoms with van der Waals surface area (Å²) in [6.07, 6.45) is -4.88. The van der Waals surface area contributed by atoms with Crippen LogP contribution in [0.4, 0.5) is 35.1 Å². The van der Waals surface area contributed by atoms with E-state index in [2.05, 4.69) is 55.5 Å². The molecule has 2 aromatic rings. The van der Waals surface area contributed by atoms with Gasteiger partial charge in [-0.25, -0.2) is 4.74 Å². The van der Waals surface area contributed by atoms with Crippen LogP contribution in [0.5, 0.6) is 5.75 Å². The molecular weight excluding hydrogens is 711 g/mol. The Kier molecular flexibility index (Phi) is 14.4. The Bertz CT molecular complexity index is 1120. The number of hydrogen-bond donors (Lipinski definition) is 1. The van der Waals surface area contributed by atoms with E-state index in [4.69, 9.17) is 9.29 Å². The van der Waals surface area contributed by atoms with Gasteiger partial charge in [-0.1, -0.05) is 69.0 Å². The van der Waals surface area contributed by atoms with Gasteiger partial charge in [-0.05, 0) is 42.8 Å². The lowest BCUT2D eigenvalue weighted by Crippen LogP contribution is -2.54. The lowest BCUT2D eigenvalue weighted by atomic mass is 10.1. The first-order chi connectivity index (χ1) is 18.3. The van der Waals surface area contributed by atoms with Gasteiger partial charge in [0, 0.05) is 32.4 Å². The van der Waals surface area contributed by atoms with Gasteiger partial charge in [0.15, 0.2) is 0 Å². The van der Waals surface area contributed by atoms with E-state index < -0.39 is 54.1 Å². The Hall–Kier alpha value is -1.37. The zero-order valence-electron chi connectivity index (χ0n) is 20.9. The van der Waals surface area contributed by atoms with E-state index >= 15 is 0 Å². The van der Waals surface area contributed by atoms with Crippen molar-refractivity contribution >= 4 is 44.5 Å². The van der Waals surface area contributed by atoms with Crippen LogP contribution in [0.3, 0.4) is 0 Å². The summed E-state index contributed by atoms with van der Waals surface area (Å²) in [5.74, 6) is 0.978. The van der Waals surface area contributed by atoms with Crippen LogP contribution in [-0.4, -0.2) is 41.0 Å². The largest absolute Gasteiger partial charge is 0.494 e. The minimum absolute atomic E-state index is 0.390. The van der Waals surface area contributed by atoms with Crippen LogP contribution in [0.25, 0.3) is 0 Å². The van der Waals surface area contributed by atoms with E-state index in [1.807, 2.05) is 10.8 Å². The molecule has 0 unspecified atom stereocenters. The molecule has 1 N–H and O–H groups in total. The van der Waals surface area contributed by atoms with Crippen LogP contribution in [0, 0.1) is 0 Å². The number of hydrogen-bond acceptors (Lipinski definition) is 5. The number of unbranched alkanes of at least 4 members (excludes halogenated alkanes) is 5. The summed E-state index contributed by atoms with van der Waals surface area (Å²) in [6.45, 7) is 3.08. The van der Waals surface area contributed by atoms with Crippen molar-refractivity contribution in [3.8, 4) is 5.75 Å². The zero-order chi connectivity index (χ0) is 30.7. The normalized spacial score (nSPS) is 13.0. The summed E-state index contributed by atoms with van der Waals surface area (Å²) in [5, 5.41) is -6.54. The van der Waals surface area contributed by atoms with E-state index in [0.29, 0.717) is 0 Å². The summed E-state index contributed by atoms with van der Waals surface area (Å²) >= 11 is 1.39. The predicted molar refractivity (Wildman–Crippen MR) is 142 cm³/mol. The maximum Gasteiger partial charge on any atom is 0.460 e. The zero-order valence-corrected chi connectivity index (χ0v) is 24.7. The predicted octanol–water partition coefficient (Wildman–Crippen LogP) is 9.27. The van der Waals surface area contributed by atoms with Gasteiger partial charge in [-0.2, -0.15) is 43.5 Å². The molecule has 0 atom stereocenters. The molecule has 0 aromatic heterocycles. The third kappa shape index (κ3) is 11.9. The summed E-state index contributed by atoms with van der Waals surface area (Å²) in [6, 6.07) is 18.9. The molecule has 0 spiro atoms. The molecule has 0 aliphatic carbocycles. The second kappa shape index (κ2) is 15.7. The molecular formula is C24H27F8IO5S2. The first kappa shape index (κ1) is 36.7. The van der Waals surface area contributed by atoms with E-state index in [1.54, 1.807) is 11.8 Å². The fourth-order valence-corrected chi connectivity index (χ4v) is 4.02. The van der Waals surface area contributed by atoms with Crippen LogP contribution >= 0.6 is 34.4 Å². The average molecular weight is 738 g/mol. The molecule has 0 saturated carbocycles. The highest BCUT2D eigenvalue weighted by molar-refractivity contribution is 14.1. The van der Waals surface area contributed by atoms with Crippen LogP contribution in [0.15, 0.2) is 64.4 Å². The van der Waals surface area contributed by atoms with Crippen molar-refractivity contribution in [2.24, 2.45) is 0 Å². The number of benzene rings is 2. The Morgan fingerprint density at radius 3 is 1.77 bits per heavy atom. The van der Waals surface area contributed by atoms with Crippen LogP contribution in [-0.2, 0) is 14.9 Å². The fraction of sp³-hybridized carbons (Fsp3) is 0.500. The minimum atomic E-state index is -6.87. The summed E-state index contributed by atoms with van der Waals surface area (Å²) < 4.78 is 128. The van der Waals surface area contributed by atoms with Gasteiger partial charge in [0.2, 0.25) is 0 Å². The van der Waals surface area contributed by atoms with Gasteiger partial charge in [0.05, 0.1) is 6.61 Å². The average Bonchev–Trinajstić information content (AvgIpc) is 2.83. The maximum absolute atomic E-state index is 12.4. The molecule has 40 heavy (non-hydrogen) atoms. The Balaban J connectivity index is 0.000000410. The van der Waals surface area contributed by atoms with Crippen molar-refractivity contribution in [3.63, 3.8) is 0 Å². The van der Waals surface area contributed by atoms with Crippen molar-refractivity contribution in [2.75, 3.05) is 6.61 Å². The SMILES string of the molecule is CCCCCCCCOc1ccc(Sc2ccccc2)cc1.O=S(=O)(O)C(F)(F)C(F)(F)OC(F)(F)C(F)(F)I. The number of halogens is 9.